The molecule has 0 unspecified atom stereocenters. The van der Waals surface area contributed by atoms with Gasteiger partial charge in [0.05, 0.1) is 25.2 Å². The van der Waals surface area contributed by atoms with Gasteiger partial charge in [-0.2, -0.15) is 0 Å². The maximum Gasteiger partial charge on any atom is 0.224 e. The van der Waals surface area contributed by atoms with Crippen LogP contribution in [0.2, 0.25) is 0 Å². The lowest BCUT2D eigenvalue weighted by Crippen LogP contribution is -2.42. The number of hydrogen-bond donors (Lipinski definition) is 1. The highest BCUT2D eigenvalue weighted by atomic mass is 16.1. The summed E-state index contributed by atoms with van der Waals surface area (Å²) in [4.78, 5) is 12.5. The van der Waals surface area contributed by atoms with Gasteiger partial charge in [-0.1, -0.05) is 61.5 Å². The van der Waals surface area contributed by atoms with Crippen LogP contribution >= 0.6 is 0 Å². The summed E-state index contributed by atoms with van der Waals surface area (Å²) in [5, 5.41) is 13.2. The van der Waals surface area contributed by atoms with Gasteiger partial charge in [0.1, 0.15) is 0 Å². The highest BCUT2D eigenvalue weighted by molar-refractivity contribution is 5.90. The second kappa shape index (κ2) is 7.25. The lowest BCUT2D eigenvalue weighted by molar-refractivity contribution is -0.121. The van der Waals surface area contributed by atoms with E-state index in [-0.39, 0.29) is 11.9 Å². The van der Waals surface area contributed by atoms with Crippen molar-refractivity contribution in [2.45, 2.75) is 32.9 Å². The van der Waals surface area contributed by atoms with E-state index >= 15 is 0 Å². The molecule has 1 atom stereocenters. The normalized spacial score (nSPS) is 12.5. The Balaban J connectivity index is 1.71. The quantitative estimate of drug-likeness (QED) is 0.759. The smallest absolute Gasteiger partial charge is 0.224 e. The van der Waals surface area contributed by atoms with E-state index in [1.54, 1.807) is 10.9 Å². The second-order valence-corrected chi connectivity index (χ2v) is 6.36. The SMILES string of the molecule is CC(C)[C@H](Cn1ccnn1)NC(=O)Cc1cccc2ccccc12. The molecule has 0 aliphatic rings. The minimum absolute atomic E-state index is 0.0224. The Bertz CT molecular complexity index is 806. The number of carbonyl (C=O) groups excluding carboxylic acids is 1. The molecule has 2 aromatic carbocycles. The van der Waals surface area contributed by atoms with E-state index in [4.69, 9.17) is 0 Å². The predicted octanol–water partition coefficient (Wildman–Crippen LogP) is 2.81. The molecule has 0 radical (unpaired) electrons. The molecule has 5 heteroatoms. The van der Waals surface area contributed by atoms with E-state index in [0.717, 1.165) is 16.3 Å². The van der Waals surface area contributed by atoms with E-state index in [9.17, 15) is 4.79 Å². The molecule has 0 bridgehead atoms. The van der Waals surface area contributed by atoms with Crippen molar-refractivity contribution in [2.75, 3.05) is 0 Å². The van der Waals surface area contributed by atoms with Crippen LogP contribution in [-0.2, 0) is 17.8 Å². The summed E-state index contributed by atoms with van der Waals surface area (Å²) < 4.78 is 1.75. The molecule has 0 aliphatic heterocycles. The number of rotatable bonds is 6. The lowest BCUT2D eigenvalue weighted by atomic mass is 10.0. The van der Waals surface area contributed by atoms with Crippen molar-refractivity contribution in [3.63, 3.8) is 0 Å². The Morgan fingerprint density at radius 3 is 2.71 bits per heavy atom. The van der Waals surface area contributed by atoms with E-state index < -0.39 is 0 Å². The van der Waals surface area contributed by atoms with E-state index in [1.807, 2.05) is 30.5 Å². The van der Waals surface area contributed by atoms with Crippen molar-refractivity contribution in [3.8, 4) is 0 Å². The summed E-state index contributed by atoms with van der Waals surface area (Å²) in [6.45, 7) is 4.82. The Labute approximate surface area is 141 Å². The van der Waals surface area contributed by atoms with Gasteiger partial charge in [0, 0.05) is 6.20 Å². The van der Waals surface area contributed by atoms with Crippen LogP contribution in [0.1, 0.15) is 19.4 Å². The Kier molecular flexibility index (Phi) is 4.89. The molecule has 0 fully saturated rings. The van der Waals surface area contributed by atoms with Crippen LogP contribution in [0.25, 0.3) is 10.8 Å². The van der Waals surface area contributed by atoms with Crippen LogP contribution in [0, 0.1) is 5.92 Å². The van der Waals surface area contributed by atoms with Crippen LogP contribution in [0.15, 0.2) is 54.9 Å². The summed E-state index contributed by atoms with van der Waals surface area (Å²) in [5.41, 5.74) is 1.05. The molecule has 0 saturated heterocycles. The van der Waals surface area contributed by atoms with Crippen LogP contribution in [0.3, 0.4) is 0 Å². The number of amides is 1. The number of carbonyl (C=O) groups is 1. The van der Waals surface area contributed by atoms with Crippen molar-refractivity contribution < 1.29 is 4.79 Å². The number of aromatic nitrogens is 3. The number of fused-ring (bicyclic) bond motifs is 1. The van der Waals surface area contributed by atoms with Crippen LogP contribution in [0.4, 0.5) is 0 Å². The molecular weight excluding hydrogens is 300 g/mol. The standard InChI is InChI=1S/C19H22N4O/c1-14(2)18(13-23-11-10-20-22-23)21-19(24)12-16-8-5-7-15-6-3-4-9-17(15)16/h3-11,14,18H,12-13H2,1-2H3,(H,21,24)/t18-/m0/s1. The first kappa shape index (κ1) is 16.2. The van der Waals surface area contributed by atoms with Gasteiger partial charge in [0.15, 0.2) is 0 Å². The Hall–Kier alpha value is -2.69. The average molecular weight is 322 g/mol. The van der Waals surface area contributed by atoms with Gasteiger partial charge < -0.3 is 5.32 Å². The highest BCUT2D eigenvalue weighted by Crippen LogP contribution is 2.19. The first-order chi connectivity index (χ1) is 11.6. The Morgan fingerprint density at radius 2 is 1.96 bits per heavy atom. The molecule has 0 aliphatic carbocycles. The molecule has 5 nitrogen and oxygen atoms in total. The molecule has 0 spiro atoms. The molecule has 1 amide bonds. The van der Waals surface area contributed by atoms with Gasteiger partial charge >= 0.3 is 0 Å². The monoisotopic (exact) mass is 322 g/mol. The molecule has 1 N–H and O–H groups in total. The summed E-state index contributed by atoms with van der Waals surface area (Å²) in [5.74, 6) is 0.343. The molecule has 3 rings (SSSR count). The third kappa shape index (κ3) is 3.79. The van der Waals surface area contributed by atoms with Gasteiger partial charge in [0.2, 0.25) is 5.91 Å². The average Bonchev–Trinajstić information content (AvgIpc) is 3.07. The minimum atomic E-state index is 0.0224. The van der Waals surface area contributed by atoms with Gasteiger partial charge in [-0.15, -0.1) is 5.10 Å². The second-order valence-electron chi connectivity index (χ2n) is 6.36. The summed E-state index contributed by atoms with van der Waals surface area (Å²) >= 11 is 0. The maximum absolute atomic E-state index is 12.5. The summed E-state index contributed by atoms with van der Waals surface area (Å²) in [7, 11) is 0. The number of nitrogens with one attached hydrogen (secondary N) is 1. The zero-order valence-electron chi connectivity index (χ0n) is 14.0. The first-order valence-corrected chi connectivity index (χ1v) is 8.23. The van der Waals surface area contributed by atoms with Gasteiger partial charge in [0.25, 0.3) is 0 Å². The van der Waals surface area contributed by atoms with Crippen molar-refractivity contribution in [1.82, 2.24) is 20.3 Å². The summed E-state index contributed by atoms with van der Waals surface area (Å²) in [6, 6.07) is 14.3. The van der Waals surface area contributed by atoms with Gasteiger partial charge in [-0.25, -0.2) is 0 Å². The lowest BCUT2D eigenvalue weighted by Gasteiger charge is -2.22. The van der Waals surface area contributed by atoms with Crippen molar-refractivity contribution in [3.05, 3.63) is 60.4 Å². The molecule has 124 valence electrons. The first-order valence-electron chi connectivity index (χ1n) is 8.23. The van der Waals surface area contributed by atoms with E-state index in [1.165, 1.54) is 0 Å². The van der Waals surface area contributed by atoms with E-state index in [0.29, 0.717) is 18.9 Å². The molecule has 1 aromatic heterocycles. The van der Waals surface area contributed by atoms with Gasteiger partial charge in [-0.05, 0) is 22.3 Å². The van der Waals surface area contributed by atoms with Crippen molar-refractivity contribution >= 4 is 16.7 Å². The zero-order valence-corrected chi connectivity index (χ0v) is 14.0. The fraction of sp³-hybridized carbons (Fsp3) is 0.316. The van der Waals surface area contributed by atoms with Crippen molar-refractivity contribution in [2.24, 2.45) is 5.92 Å². The van der Waals surface area contributed by atoms with Crippen LogP contribution < -0.4 is 5.32 Å². The highest BCUT2D eigenvalue weighted by Gasteiger charge is 2.18. The topological polar surface area (TPSA) is 59.8 Å². The molecule has 3 aromatic rings. The fourth-order valence-corrected chi connectivity index (χ4v) is 2.83. The molecule has 24 heavy (non-hydrogen) atoms. The molecular formula is C19H22N4O. The molecule has 1 heterocycles. The summed E-state index contributed by atoms with van der Waals surface area (Å²) in [6.07, 6.45) is 3.84. The minimum Gasteiger partial charge on any atom is -0.351 e. The van der Waals surface area contributed by atoms with Gasteiger partial charge in [-0.3, -0.25) is 9.48 Å². The number of hydrogen-bond acceptors (Lipinski definition) is 3. The fourth-order valence-electron chi connectivity index (χ4n) is 2.83. The predicted molar refractivity (Wildman–Crippen MR) is 94.4 cm³/mol. The van der Waals surface area contributed by atoms with Crippen LogP contribution in [-0.4, -0.2) is 26.9 Å². The third-order valence-electron chi connectivity index (χ3n) is 4.24. The van der Waals surface area contributed by atoms with Crippen molar-refractivity contribution in [1.29, 1.82) is 0 Å². The van der Waals surface area contributed by atoms with Crippen LogP contribution in [0.5, 0.6) is 0 Å². The number of benzene rings is 2. The van der Waals surface area contributed by atoms with E-state index in [2.05, 4.69) is 47.7 Å². The largest absolute Gasteiger partial charge is 0.351 e. The third-order valence-corrected chi connectivity index (χ3v) is 4.24. The maximum atomic E-state index is 12.5. The number of nitrogens with zero attached hydrogens (tertiary/aromatic N) is 3. The molecule has 0 saturated carbocycles. The zero-order chi connectivity index (χ0) is 16.9. The Morgan fingerprint density at radius 1 is 1.17 bits per heavy atom.